The van der Waals surface area contributed by atoms with Gasteiger partial charge in [0.05, 0.1) is 0 Å². The smallest absolute Gasteiger partial charge is 0.257 e. The van der Waals surface area contributed by atoms with Crippen LogP contribution >= 0.6 is 0 Å². The number of anilines is 1. The maximum absolute atomic E-state index is 10.9. The molecule has 5 nitrogen and oxygen atoms in total. The SMILES string of the molecule is CC(=O)Nc1ccc(-c2nc(C(C)C)no2)cc1. The van der Waals surface area contributed by atoms with Gasteiger partial charge in [-0.05, 0) is 24.3 Å². The number of rotatable bonds is 3. The quantitative estimate of drug-likeness (QED) is 0.902. The molecule has 0 aliphatic heterocycles. The Balaban J connectivity index is 2.20. The summed E-state index contributed by atoms with van der Waals surface area (Å²) in [4.78, 5) is 15.2. The zero-order valence-electron chi connectivity index (χ0n) is 10.6. The van der Waals surface area contributed by atoms with Crippen LogP contribution in [0.4, 0.5) is 5.69 Å². The Bertz CT molecular complexity index is 544. The van der Waals surface area contributed by atoms with Crippen LogP contribution in [0, 0.1) is 0 Å². The highest BCUT2D eigenvalue weighted by Gasteiger charge is 2.11. The molecular weight excluding hydrogens is 230 g/mol. The predicted octanol–water partition coefficient (Wildman–Crippen LogP) is 2.82. The molecule has 0 spiro atoms. The summed E-state index contributed by atoms with van der Waals surface area (Å²) in [5.74, 6) is 1.33. The van der Waals surface area contributed by atoms with Crippen LogP contribution in [0.2, 0.25) is 0 Å². The molecule has 0 atom stereocenters. The third kappa shape index (κ3) is 2.74. The molecule has 1 aromatic heterocycles. The van der Waals surface area contributed by atoms with Crippen molar-refractivity contribution >= 4 is 11.6 Å². The number of carbonyl (C=O) groups is 1. The number of carbonyl (C=O) groups excluding carboxylic acids is 1. The van der Waals surface area contributed by atoms with E-state index in [1.807, 2.05) is 26.0 Å². The minimum atomic E-state index is -0.0948. The molecule has 1 aromatic carbocycles. The highest BCUT2D eigenvalue weighted by atomic mass is 16.5. The molecule has 1 amide bonds. The van der Waals surface area contributed by atoms with E-state index in [2.05, 4.69) is 15.5 Å². The standard InChI is InChI=1S/C13H15N3O2/c1-8(2)12-15-13(18-16-12)10-4-6-11(7-5-10)14-9(3)17/h4-8H,1-3H3,(H,14,17). The monoisotopic (exact) mass is 245 g/mol. The first-order chi connectivity index (χ1) is 8.56. The largest absolute Gasteiger partial charge is 0.334 e. The molecule has 2 aromatic rings. The summed E-state index contributed by atoms with van der Waals surface area (Å²) in [5.41, 5.74) is 1.58. The zero-order valence-corrected chi connectivity index (χ0v) is 10.6. The summed E-state index contributed by atoms with van der Waals surface area (Å²) in [6.45, 7) is 5.49. The second-order valence-corrected chi connectivity index (χ2v) is 4.37. The maximum Gasteiger partial charge on any atom is 0.257 e. The Labute approximate surface area is 105 Å². The fraction of sp³-hybridized carbons (Fsp3) is 0.308. The van der Waals surface area contributed by atoms with Gasteiger partial charge in [0.25, 0.3) is 5.89 Å². The number of nitrogens with one attached hydrogen (secondary N) is 1. The lowest BCUT2D eigenvalue weighted by Crippen LogP contribution is -2.05. The zero-order chi connectivity index (χ0) is 13.1. The molecule has 18 heavy (non-hydrogen) atoms. The molecule has 0 saturated carbocycles. The van der Waals surface area contributed by atoms with Gasteiger partial charge in [-0.25, -0.2) is 0 Å². The first-order valence-electron chi connectivity index (χ1n) is 5.78. The van der Waals surface area contributed by atoms with E-state index in [-0.39, 0.29) is 11.8 Å². The summed E-state index contributed by atoms with van der Waals surface area (Å²) in [6.07, 6.45) is 0. The summed E-state index contributed by atoms with van der Waals surface area (Å²) in [6, 6.07) is 7.28. The number of hydrogen-bond donors (Lipinski definition) is 1. The van der Waals surface area contributed by atoms with Gasteiger partial charge < -0.3 is 9.84 Å². The Morgan fingerprint density at radius 2 is 1.94 bits per heavy atom. The second-order valence-electron chi connectivity index (χ2n) is 4.37. The highest BCUT2D eigenvalue weighted by molar-refractivity contribution is 5.88. The van der Waals surface area contributed by atoms with E-state index in [0.717, 1.165) is 11.3 Å². The van der Waals surface area contributed by atoms with Crippen molar-refractivity contribution in [2.45, 2.75) is 26.7 Å². The second kappa shape index (κ2) is 5.00. The predicted molar refractivity (Wildman–Crippen MR) is 68.1 cm³/mol. The molecule has 0 radical (unpaired) electrons. The van der Waals surface area contributed by atoms with E-state index in [1.54, 1.807) is 12.1 Å². The lowest BCUT2D eigenvalue weighted by molar-refractivity contribution is -0.114. The molecule has 1 N–H and O–H groups in total. The third-order valence-electron chi connectivity index (χ3n) is 2.41. The van der Waals surface area contributed by atoms with Gasteiger partial charge in [-0.15, -0.1) is 0 Å². The number of benzene rings is 1. The average molecular weight is 245 g/mol. The van der Waals surface area contributed by atoms with Crippen molar-refractivity contribution in [3.8, 4) is 11.5 Å². The Morgan fingerprint density at radius 3 is 2.44 bits per heavy atom. The van der Waals surface area contributed by atoms with Crippen LogP contribution in [0.3, 0.4) is 0 Å². The molecular formula is C13H15N3O2. The third-order valence-corrected chi connectivity index (χ3v) is 2.41. The van der Waals surface area contributed by atoms with Crippen LogP contribution in [0.25, 0.3) is 11.5 Å². The van der Waals surface area contributed by atoms with E-state index in [4.69, 9.17) is 4.52 Å². The van der Waals surface area contributed by atoms with Gasteiger partial charge in [-0.2, -0.15) is 4.98 Å². The van der Waals surface area contributed by atoms with Gasteiger partial charge in [0.2, 0.25) is 5.91 Å². The van der Waals surface area contributed by atoms with E-state index in [0.29, 0.717) is 11.7 Å². The number of hydrogen-bond acceptors (Lipinski definition) is 4. The molecule has 2 rings (SSSR count). The minimum absolute atomic E-state index is 0.0948. The van der Waals surface area contributed by atoms with E-state index >= 15 is 0 Å². The van der Waals surface area contributed by atoms with E-state index in [1.165, 1.54) is 6.92 Å². The van der Waals surface area contributed by atoms with Gasteiger partial charge in [-0.1, -0.05) is 19.0 Å². The summed E-state index contributed by atoms with van der Waals surface area (Å²) in [5, 5.41) is 6.61. The normalized spacial score (nSPS) is 10.7. The van der Waals surface area contributed by atoms with Crippen molar-refractivity contribution in [2.75, 3.05) is 5.32 Å². The molecule has 0 saturated heterocycles. The van der Waals surface area contributed by atoms with Crippen LogP contribution < -0.4 is 5.32 Å². The summed E-state index contributed by atoms with van der Waals surface area (Å²) < 4.78 is 5.18. The molecule has 0 aliphatic rings. The lowest BCUT2D eigenvalue weighted by atomic mass is 10.2. The first-order valence-corrected chi connectivity index (χ1v) is 5.78. The first kappa shape index (κ1) is 12.3. The van der Waals surface area contributed by atoms with Crippen molar-refractivity contribution in [3.63, 3.8) is 0 Å². The van der Waals surface area contributed by atoms with Crippen LogP contribution in [0.15, 0.2) is 28.8 Å². The fourth-order valence-corrected chi connectivity index (χ4v) is 1.49. The summed E-state index contributed by atoms with van der Waals surface area (Å²) in [7, 11) is 0. The molecule has 0 fully saturated rings. The topological polar surface area (TPSA) is 68.0 Å². The highest BCUT2D eigenvalue weighted by Crippen LogP contribution is 2.21. The molecule has 0 unspecified atom stereocenters. The molecule has 0 aliphatic carbocycles. The maximum atomic E-state index is 10.9. The molecule has 1 heterocycles. The average Bonchev–Trinajstić information content (AvgIpc) is 2.78. The Hall–Kier alpha value is -2.17. The molecule has 94 valence electrons. The van der Waals surface area contributed by atoms with Crippen molar-refractivity contribution in [2.24, 2.45) is 0 Å². The van der Waals surface area contributed by atoms with Gasteiger partial charge in [0.1, 0.15) is 0 Å². The van der Waals surface area contributed by atoms with Crippen LogP contribution in [-0.4, -0.2) is 16.0 Å². The van der Waals surface area contributed by atoms with Crippen LogP contribution in [0.1, 0.15) is 32.5 Å². The minimum Gasteiger partial charge on any atom is -0.334 e. The fourth-order valence-electron chi connectivity index (χ4n) is 1.49. The number of nitrogens with zero attached hydrogens (tertiary/aromatic N) is 2. The number of aromatic nitrogens is 2. The van der Waals surface area contributed by atoms with Gasteiger partial charge >= 0.3 is 0 Å². The van der Waals surface area contributed by atoms with Crippen LogP contribution in [-0.2, 0) is 4.79 Å². The molecule has 5 heteroatoms. The number of amides is 1. The van der Waals surface area contributed by atoms with E-state index in [9.17, 15) is 4.79 Å². The van der Waals surface area contributed by atoms with Crippen molar-refractivity contribution < 1.29 is 9.32 Å². The van der Waals surface area contributed by atoms with Crippen molar-refractivity contribution in [3.05, 3.63) is 30.1 Å². The molecule has 0 bridgehead atoms. The Kier molecular flexibility index (Phi) is 3.41. The van der Waals surface area contributed by atoms with Gasteiger partial charge in [0.15, 0.2) is 5.82 Å². The Morgan fingerprint density at radius 1 is 1.28 bits per heavy atom. The van der Waals surface area contributed by atoms with Crippen LogP contribution in [0.5, 0.6) is 0 Å². The van der Waals surface area contributed by atoms with Gasteiger partial charge in [0, 0.05) is 24.1 Å². The van der Waals surface area contributed by atoms with Gasteiger partial charge in [-0.3, -0.25) is 4.79 Å². The van der Waals surface area contributed by atoms with E-state index < -0.39 is 0 Å². The lowest BCUT2D eigenvalue weighted by Gasteiger charge is -2.01. The summed E-state index contributed by atoms with van der Waals surface area (Å²) >= 11 is 0. The van der Waals surface area contributed by atoms with Crippen molar-refractivity contribution in [1.82, 2.24) is 10.1 Å². The van der Waals surface area contributed by atoms with Crippen molar-refractivity contribution in [1.29, 1.82) is 0 Å².